The zero-order valence-corrected chi connectivity index (χ0v) is 37.3. The molecule has 6 aromatic heterocycles. The van der Waals surface area contributed by atoms with E-state index in [2.05, 4.69) is 56.1 Å². The molecule has 11 rings (SSSR count). The van der Waals surface area contributed by atoms with E-state index < -0.39 is 17.6 Å². The van der Waals surface area contributed by atoms with E-state index in [-0.39, 0.29) is 11.5 Å². The molecule has 7 heterocycles. The van der Waals surface area contributed by atoms with E-state index in [1.807, 2.05) is 65.6 Å². The van der Waals surface area contributed by atoms with Crippen LogP contribution in [0.5, 0.6) is 0 Å². The van der Waals surface area contributed by atoms with Crippen LogP contribution in [0.4, 0.5) is 20.4 Å². The number of alkyl halides is 1. The SMILES string of the molecule is COC(=O)c1cc(F)ccc1CBr.NCCn1cc2c(N)nc3cc(-c4ccn[nH]4)ccc3c2n1.Nc1nc2cc(-c3ccn[nH]3)ccc2c2nn(CCN3Cc4ccc(F)cc4C3=O)cc12. The summed E-state index contributed by atoms with van der Waals surface area (Å²) in [6.07, 6.45) is 7.17. The summed E-state index contributed by atoms with van der Waals surface area (Å²) >= 11 is 3.20. The smallest absolute Gasteiger partial charge is 0.338 e. The lowest BCUT2D eigenvalue weighted by Crippen LogP contribution is -2.28. The molecule has 0 spiro atoms. The average Bonchev–Trinajstić information content (AvgIpc) is 4.20. The number of anilines is 2. The second-order valence-corrected chi connectivity index (χ2v) is 16.0. The van der Waals surface area contributed by atoms with Crippen molar-refractivity contribution in [1.82, 2.24) is 54.8 Å². The third-order valence-electron chi connectivity index (χ3n) is 11.2. The third-order valence-corrected chi connectivity index (χ3v) is 11.8. The molecule has 4 aromatic carbocycles. The second-order valence-electron chi connectivity index (χ2n) is 15.5. The summed E-state index contributed by atoms with van der Waals surface area (Å²) in [6, 6.07) is 24.1. The van der Waals surface area contributed by atoms with Crippen molar-refractivity contribution in [2.24, 2.45) is 5.73 Å². The number of amides is 1. The molecule has 338 valence electrons. The van der Waals surface area contributed by atoms with Gasteiger partial charge in [-0.3, -0.25) is 24.4 Å². The van der Waals surface area contributed by atoms with Gasteiger partial charge < -0.3 is 26.8 Å². The Morgan fingerprint density at radius 1 is 0.731 bits per heavy atom. The van der Waals surface area contributed by atoms with Crippen molar-refractivity contribution in [1.29, 1.82) is 0 Å². The lowest BCUT2D eigenvalue weighted by molar-refractivity contribution is 0.0599. The zero-order valence-electron chi connectivity index (χ0n) is 35.8. The predicted octanol–water partition coefficient (Wildman–Crippen LogP) is 7.37. The molecule has 1 aliphatic heterocycles. The molecule has 0 radical (unpaired) electrons. The highest BCUT2D eigenvalue weighted by Gasteiger charge is 2.27. The number of aromatic amines is 2. The largest absolute Gasteiger partial charge is 0.465 e. The number of benzene rings is 4. The van der Waals surface area contributed by atoms with Crippen LogP contribution in [-0.2, 0) is 29.7 Å². The molecule has 67 heavy (non-hydrogen) atoms. The molecule has 0 atom stereocenters. The molecule has 10 aromatic rings. The van der Waals surface area contributed by atoms with Gasteiger partial charge in [-0.25, -0.2) is 23.5 Å². The van der Waals surface area contributed by atoms with Crippen LogP contribution < -0.4 is 17.2 Å². The molecule has 17 nitrogen and oxygen atoms in total. The maximum absolute atomic E-state index is 13.5. The minimum atomic E-state index is -0.519. The number of rotatable bonds is 9. The monoisotopic (exact) mass is 966 g/mol. The number of nitrogens with one attached hydrogen (secondary N) is 2. The third kappa shape index (κ3) is 8.99. The maximum Gasteiger partial charge on any atom is 0.338 e. The van der Waals surface area contributed by atoms with Crippen molar-refractivity contribution in [3.63, 3.8) is 0 Å². The van der Waals surface area contributed by atoms with Gasteiger partial charge in [0.25, 0.3) is 5.91 Å². The Labute approximate surface area is 388 Å². The molecule has 0 bridgehead atoms. The van der Waals surface area contributed by atoms with Crippen molar-refractivity contribution >= 4 is 83.1 Å². The van der Waals surface area contributed by atoms with E-state index in [0.717, 1.165) is 71.7 Å². The fourth-order valence-electron chi connectivity index (χ4n) is 7.88. The second kappa shape index (κ2) is 18.8. The fraction of sp³-hybridized carbons (Fsp3) is 0.149. The van der Waals surface area contributed by atoms with E-state index in [4.69, 9.17) is 22.3 Å². The number of hydrogen-bond acceptors (Lipinski definition) is 12. The average molecular weight is 968 g/mol. The number of ether oxygens (including phenoxy) is 1. The highest BCUT2D eigenvalue weighted by Crippen LogP contribution is 2.32. The van der Waals surface area contributed by atoms with Crippen LogP contribution in [0, 0.1) is 11.6 Å². The minimum Gasteiger partial charge on any atom is -0.465 e. The number of aromatic nitrogens is 10. The zero-order chi connectivity index (χ0) is 46.8. The van der Waals surface area contributed by atoms with Gasteiger partial charge in [0, 0.05) is 77.2 Å². The van der Waals surface area contributed by atoms with Crippen LogP contribution in [0.2, 0.25) is 0 Å². The Morgan fingerprint density at radius 3 is 1.84 bits per heavy atom. The van der Waals surface area contributed by atoms with Crippen LogP contribution in [0.3, 0.4) is 0 Å². The molecule has 20 heteroatoms. The van der Waals surface area contributed by atoms with Crippen LogP contribution in [0.25, 0.3) is 66.1 Å². The van der Waals surface area contributed by atoms with E-state index in [9.17, 15) is 18.4 Å². The summed E-state index contributed by atoms with van der Waals surface area (Å²) in [6.45, 7) is 2.60. The fourth-order valence-corrected chi connectivity index (χ4v) is 8.37. The summed E-state index contributed by atoms with van der Waals surface area (Å²) in [7, 11) is 1.27. The number of carbonyl (C=O) groups excluding carboxylic acids is 2. The number of nitrogens with two attached hydrogens (primary N) is 3. The van der Waals surface area contributed by atoms with Crippen LogP contribution in [0.1, 0.15) is 31.8 Å². The van der Waals surface area contributed by atoms with E-state index in [0.29, 0.717) is 60.8 Å². The Morgan fingerprint density at radius 2 is 1.30 bits per heavy atom. The molecule has 0 fully saturated rings. The predicted molar refractivity (Wildman–Crippen MR) is 255 cm³/mol. The van der Waals surface area contributed by atoms with Crippen molar-refractivity contribution < 1.29 is 23.1 Å². The highest BCUT2D eigenvalue weighted by atomic mass is 79.9. The molecular formula is C47H41BrF2N14O3. The Balaban J connectivity index is 0.000000139. The van der Waals surface area contributed by atoms with Gasteiger partial charge in [0.2, 0.25) is 0 Å². The first-order chi connectivity index (χ1) is 32.5. The summed E-state index contributed by atoms with van der Waals surface area (Å²) in [5, 5.41) is 27.2. The first-order valence-corrected chi connectivity index (χ1v) is 22.0. The Kier molecular flexibility index (Phi) is 12.4. The number of hydrogen-bond donors (Lipinski definition) is 5. The number of halogens is 3. The molecule has 0 saturated carbocycles. The van der Waals surface area contributed by atoms with Gasteiger partial charge in [-0.05, 0) is 71.8 Å². The summed E-state index contributed by atoms with van der Waals surface area (Å²) in [5.41, 5.74) is 27.2. The van der Waals surface area contributed by atoms with Gasteiger partial charge >= 0.3 is 5.97 Å². The summed E-state index contributed by atoms with van der Waals surface area (Å²) in [4.78, 5) is 34.5. The van der Waals surface area contributed by atoms with Crippen molar-refractivity contribution in [2.75, 3.05) is 31.7 Å². The molecule has 1 aliphatic rings. The number of nitrogen functional groups attached to an aromatic ring is 2. The van der Waals surface area contributed by atoms with Crippen molar-refractivity contribution in [3.05, 3.63) is 144 Å². The van der Waals surface area contributed by atoms with Gasteiger partial charge in [-0.15, -0.1) is 0 Å². The lowest BCUT2D eigenvalue weighted by atomic mass is 10.1. The van der Waals surface area contributed by atoms with Crippen LogP contribution in [0.15, 0.2) is 110 Å². The van der Waals surface area contributed by atoms with E-state index in [1.165, 1.54) is 31.4 Å². The molecular weight excluding hydrogens is 927 g/mol. The minimum absolute atomic E-state index is 0.158. The maximum atomic E-state index is 13.5. The first kappa shape index (κ1) is 44.1. The van der Waals surface area contributed by atoms with Crippen LogP contribution >= 0.6 is 15.9 Å². The van der Waals surface area contributed by atoms with Gasteiger partial charge in [-0.2, -0.15) is 20.4 Å². The number of esters is 1. The Hall–Kier alpha value is -8.10. The van der Waals surface area contributed by atoms with Gasteiger partial charge in [-0.1, -0.05) is 40.2 Å². The standard InChI is InChI=1S/C23H18FN7O.C15H15N7.C9H8BrFO2/c24-15-3-1-14-11-30(23(32)17(14)10-15)7-8-31-12-18-21(29-31)16-4-2-13(19-5-6-26-28-19)9-20(16)27-22(18)25;16-4-6-22-8-11-14(21-22)10-2-1-9(12-3-5-18-20-12)7-13(10)19-15(11)17;1-13-9(12)8-4-7(11)3-2-6(8)5-10/h1-6,9-10,12H,7-8,11H2,(H2,25,27)(H,26,28);1-3,5,7-8H,4,6,16H2,(H2,17,19)(H,18,20);2-4H,5H2,1H3. The molecule has 1 amide bonds. The lowest BCUT2D eigenvalue weighted by Gasteiger charge is -2.15. The van der Waals surface area contributed by atoms with Gasteiger partial charge in [0.1, 0.15) is 34.3 Å². The van der Waals surface area contributed by atoms with Crippen molar-refractivity contribution in [2.45, 2.75) is 25.0 Å². The Bertz CT molecular complexity index is 3450. The number of nitrogens with zero attached hydrogens (tertiary/aromatic N) is 9. The summed E-state index contributed by atoms with van der Waals surface area (Å²) < 4.78 is 34.3. The molecule has 8 N–H and O–H groups in total. The van der Waals surface area contributed by atoms with Crippen LogP contribution in [-0.4, -0.2) is 86.9 Å². The molecule has 0 aliphatic carbocycles. The highest BCUT2D eigenvalue weighted by molar-refractivity contribution is 9.08. The topological polar surface area (TPSA) is 243 Å². The van der Waals surface area contributed by atoms with E-state index >= 15 is 0 Å². The number of methoxy groups -OCH3 is 1. The summed E-state index contributed by atoms with van der Waals surface area (Å²) in [5.74, 6) is -0.635. The number of H-pyrrole nitrogens is 2. The number of pyridine rings is 2. The normalized spacial score (nSPS) is 12.1. The number of carbonyl (C=O) groups is 2. The first-order valence-electron chi connectivity index (χ1n) is 20.8. The molecule has 0 saturated heterocycles. The number of fused-ring (bicyclic) bond motifs is 7. The quantitative estimate of drug-likeness (QED) is 0.0703. The van der Waals surface area contributed by atoms with Gasteiger partial charge in [0.15, 0.2) is 0 Å². The van der Waals surface area contributed by atoms with Gasteiger partial charge in [0.05, 0.1) is 59.0 Å². The molecule has 0 unspecified atom stereocenters. The van der Waals surface area contributed by atoms with E-state index in [1.54, 1.807) is 34.1 Å². The van der Waals surface area contributed by atoms with Crippen molar-refractivity contribution in [3.8, 4) is 22.5 Å².